The maximum atomic E-state index is 11.0. The zero-order valence-electron chi connectivity index (χ0n) is 9.73. The Hall–Kier alpha value is -0.780. The lowest BCUT2D eigenvalue weighted by molar-refractivity contribution is 0.230. The summed E-state index contributed by atoms with van der Waals surface area (Å²) in [5, 5.41) is 0.494. The van der Waals surface area contributed by atoms with Crippen LogP contribution in [0.3, 0.4) is 0 Å². The summed E-state index contributed by atoms with van der Waals surface area (Å²) in [6, 6.07) is 5.49. The number of hydrogen-bond acceptors (Lipinski definition) is 4. The fourth-order valence-electron chi connectivity index (χ4n) is 2.09. The molecule has 2 aliphatic rings. The van der Waals surface area contributed by atoms with Crippen LogP contribution in [0.25, 0.3) is 0 Å². The average Bonchev–Trinajstić information content (AvgIpc) is 2.98. The van der Waals surface area contributed by atoms with Crippen molar-refractivity contribution < 1.29 is 13.2 Å². The molecule has 0 spiro atoms. The molecular formula is C12H14ClNO3S. The smallest absolute Gasteiger partial charge is 0.157 e. The van der Waals surface area contributed by atoms with E-state index in [1.807, 2.05) is 12.1 Å². The van der Waals surface area contributed by atoms with Crippen LogP contribution in [-0.2, 0) is 15.4 Å². The van der Waals surface area contributed by atoms with Gasteiger partial charge in [-0.25, -0.2) is 8.42 Å². The van der Waals surface area contributed by atoms with Crippen LogP contribution in [0, 0.1) is 0 Å². The van der Waals surface area contributed by atoms with Gasteiger partial charge in [0.1, 0.15) is 11.9 Å². The monoisotopic (exact) mass is 287 g/mol. The lowest BCUT2D eigenvalue weighted by Crippen LogP contribution is -2.45. The third kappa shape index (κ3) is 2.22. The van der Waals surface area contributed by atoms with Crippen LogP contribution in [0.5, 0.6) is 5.75 Å². The van der Waals surface area contributed by atoms with Gasteiger partial charge in [0.25, 0.3) is 0 Å². The van der Waals surface area contributed by atoms with E-state index >= 15 is 0 Å². The summed E-state index contributed by atoms with van der Waals surface area (Å²) in [5.74, 6) is 0.683. The second kappa shape index (κ2) is 3.85. The highest BCUT2D eigenvalue weighted by molar-refractivity contribution is 7.92. The van der Waals surface area contributed by atoms with Crippen molar-refractivity contribution in [3.8, 4) is 5.75 Å². The molecule has 2 N–H and O–H groups in total. The summed E-state index contributed by atoms with van der Waals surface area (Å²) in [5.41, 5.74) is 6.88. The number of nitrogens with two attached hydrogens (primary N) is 1. The Morgan fingerprint density at radius 1 is 1.33 bits per heavy atom. The van der Waals surface area contributed by atoms with Gasteiger partial charge in [-0.2, -0.15) is 0 Å². The van der Waals surface area contributed by atoms with Gasteiger partial charge in [0.15, 0.2) is 9.84 Å². The molecule has 18 heavy (non-hydrogen) atoms. The summed E-state index contributed by atoms with van der Waals surface area (Å²) in [4.78, 5) is 0. The summed E-state index contributed by atoms with van der Waals surface area (Å²) >= 11 is 6.13. The Balaban J connectivity index is 1.74. The molecule has 0 radical (unpaired) electrons. The maximum absolute atomic E-state index is 11.0. The van der Waals surface area contributed by atoms with Crippen molar-refractivity contribution >= 4 is 21.4 Å². The summed E-state index contributed by atoms with van der Waals surface area (Å²) < 4.78 is 27.6. The molecule has 0 amide bonds. The predicted molar refractivity (Wildman–Crippen MR) is 69.6 cm³/mol. The molecule has 1 saturated carbocycles. The molecular weight excluding hydrogens is 274 g/mol. The predicted octanol–water partition coefficient (Wildman–Crippen LogP) is 1.46. The Kier molecular flexibility index (Phi) is 2.63. The highest BCUT2D eigenvalue weighted by Crippen LogP contribution is 2.44. The van der Waals surface area contributed by atoms with Crippen LogP contribution in [0.4, 0.5) is 0 Å². The van der Waals surface area contributed by atoms with Crippen molar-refractivity contribution in [1.29, 1.82) is 0 Å². The minimum Gasteiger partial charge on any atom is -0.487 e. The zero-order valence-corrected chi connectivity index (χ0v) is 11.3. The first kappa shape index (κ1) is 12.3. The summed E-state index contributed by atoms with van der Waals surface area (Å²) in [6.07, 6.45) is 1.68. The molecule has 1 aliphatic carbocycles. The zero-order chi connectivity index (χ0) is 13.0. The molecule has 1 aromatic carbocycles. The van der Waals surface area contributed by atoms with E-state index in [1.165, 1.54) is 0 Å². The number of benzene rings is 1. The summed E-state index contributed by atoms with van der Waals surface area (Å²) in [6.45, 7) is 0. The lowest BCUT2D eigenvalue weighted by Gasteiger charge is -2.27. The Morgan fingerprint density at radius 3 is 2.50 bits per heavy atom. The number of halogens is 1. The van der Waals surface area contributed by atoms with Gasteiger partial charge in [-0.05, 0) is 30.5 Å². The molecule has 1 saturated heterocycles. The molecule has 1 aliphatic heterocycles. The van der Waals surface area contributed by atoms with E-state index in [0.717, 1.165) is 18.4 Å². The van der Waals surface area contributed by atoms with Gasteiger partial charge >= 0.3 is 0 Å². The first-order valence-electron chi connectivity index (χ1n) is 5.84. The van der Waals surface area contributed by atoms with Crippen molar-refractivity contribution in [1.82, 2.24) is 0 Å². The molecule has 3 rings (SSSR count). The fraction of sp³-hybridized carbons (Fsp3) is 0.500. The summed E-state index contributed by atoms with van der Waals surface area (Å²) in [7, 11) is -2.87. The molecule has 0 bridgehead atoms. The van der Waals surface area contributed by atoms with Crippen LogP contribution in [0.2, 0.25) is 5.02 Å². The van der Waals surface area contributed by atoms with Crippen LogP contribution in [0.15, 0.2) is 18.2 Å². The van der Waals surface area contributed by atoms with E-state index in [0.29, 0.717) is 10.8 Å². The van der Waals surface area contributed by atoms with Crippen LogP contribution in [0.1, 0.15) is 18.4 Å². The third-order valence-electron chi connectivity index (χ3n) is 3.47. The van der Waals surface area contributed by atoms with Gasteiger partial charge in [-0.15, -0.1) is 0 Å². The number of sulfone groups is 1. The van der Waals surface area contributed by atoms with Gasteiger partial charge in [0, 0.05) is 5.54 Å². The maximum Gasteiger partial charge on any atom is 0.157 e. The number of hydrogen-bond donors (Lipinski definition) is 1. The lowest BCUT2D eigenvalue weighted by atomic mass is 10.1. The van der Waals surface area contributed by atoms with E-state index in [9.17, 15) is 8.42 Å². The average molecular weight is 288 g/mol. The molecule has 98 valence electrons. The van der Waals surface area contributed by atoms with E-state index in [4.69, 9.17) is 22.1 Å². The van der Waals surface area contributed by atoms with Gasteiger partial charge in [0.2, 0.25) is 0 Å². The van der Waals surface area contributed by atoms with Crippen LogP contribution >= 0.6 is 11.6 Å². The highest BCUT2D eigenvalue weighted by atomic mass is 35.5. The fourth-order valence-corrected chi connectivity index (χ4v) is 3.49. The first-order chi connectivity index (χ1) is 8.38. The van der Waals surface area contributed by atoms with Gasteiger partial charge < -0.3 is 10.5 Å². The van der Waals surface area contributed by atoms with E-state index in [2.05, 4.69) is 0 Å². The molecule has 6 heteroatoms. The van der Waals surface area contributed by atoms with Crippen molar-refractivity contribution in [3.63, 3.8) is 0 Å². The van der Waals surface area contributed by atoms with Crippen molar-refractivity contribution in [3.05, 3.63) is 28.8 Å². The van der Waals surface area contributed by atoms with Crippen LogP contribution < -0.4 is 10.5 Å². The molecule has 0 unspecified atom stereocenters. The van der Waals surface area contributed by atoms with E-state index < -0.39 is 9.84 Å². The van der Waals surface area contributed by atoms with Gasteiger partial charge in [-0.1, -0.05) is 17.7 Å². The molecule has 4 nitrogen and oxygen atoms in total. The van der Waals surface area contributed by atoms with Crippen molar-refractivity contribution in [2.45, 2.75) is 24.5 Å². The molecule has 2 fully saturated rings. The highest BCUT2D eigenvalue weighted by Gasteiger charge is 2.40. The van der Waals surface area contributed by atoms with E-state index in [-0.39, 0.29) is 23.1 Å². The Morgan fingerprint density at radius 2 is 2.00 bits per heavy atom. The topological polar surface area (TPSA) is 69.4 Å². The minimum absolute atomic E-state index is 0.0753. The Labute approximate surface area is 111 Å². The number of rotatable bonds is 3. The minimum atomic E-state index is -2.87. The van der Waals surface area contributed by atoms with Crippen LogP contribution in [-0.4, -0.2) is 26.0 Å². The van der Waals surface area contributed by atoms with E-state index in [1.54, 1.807) is 6.07 Å². The largest absolute Gasteiger partial charge is 0.487 e. The SMILES string of the molecule is NC1(c2ccc(OC3CS(=O)(=O)C3)c(Cl)c2)CC1. The first-order valence-corrected chi connectivity index (χ1v) is 8.04. The second-order valence-electron chi connectivity index (χ2n) is 5.12. The molecule has 0 aromatic heterocycles. The van der Waals surface area contributed by atoms with Crippen molar-refractivity contribution in [2.75, 3.05) is 11.5 Å². The quantitative estimate of drug-likeness (QED) is 0.914. The van der Waals surface area contributed by atoms with Crippen molar-refractivity contribution in [2.24, 2.45) is 5.73 Å². The normalized spacial score (nSPS) is 24.3. The van der Waals surface area contributed by atoms with Gasteiger partial charge in [-0.3, -0.25) is 0 Å². The molecule has 1 heterocycles. The molecule has 1 aromatic rings. The third-order valence-corrected chi connectivity index (χ3v) is 5.52. The Bertz CT molecular complexity index is 583. The standard InChI is InChI=1S/C12H14ClNO3S/c13-10-5-8(12(14)3-4-12)1-2-11(10)17-9-6-18(15,16)7-9/h1-2,5,9H,3-4,6-7,14H2. The number of ether oxygens (including phenoxy) is 1. The second-order valence-corrected chi connectivity index (χ2v) is 7.68. The van der Waals surface area contributed by atoms with Gasteiger partial charge in [0.05, 0.1) is 16.5 Å². The molecule has 0 atom stereocenters.